The van der Waals surface area contributed by atoms with Crippen molar-refractivity contribution in [1.82, 2.24) is 9.80 Å². The lowest BCUT2D eigenvalue weighted by atomic mass is 10.2. The molecule has 2 amide bonds. The molecule has 2 heterocycles. The first-order valence-corrected chi connectivity index (χ1v) is 10.9. The van der Waals surface area contributed by atoms with Gasteiger partial charge in [0.1, 0.15) is 0 Å². The van der Waals surface area contributed by atoms with E-state index in [1.54, 1.807) is 12.1 Å². The Balaban J connectivity index is 1.56. The molecule has 1 atom stereocenters. The predicted molar refractivity (Wildman–Crippen MR) is 105 cm³/mol. The Hall–Kier alpha value is -2.13. The standard InChI is InChI=1S/C18H26N4O4S/c1-20-8-10-22(11-9-20)15-5-3-14(4-6-15)19-17(23)18(24)21(2)16-7-12-27(25,26)13-16/h3-6,16H,7-13H2,1-2H3,(H,19,23). The Morgan fingerprint density at radius 1 is 1.11 bits per heavy atom. The number of hydrogen-bond donors (Lipinski definition) is 1. The third kappa shape index (κ3) is 4.78. The molecular formula is C18H26N4O4S. The minimum atomic E-state index is -3.11. The molecule has 0 saturated carbocycles. The summed E-state index contributed by atoms with van der Waals surface area (Å²) in [4.78, 5) is 30.3. The van der Waals surface area contributed by atoms with E-state index in [2.05, 4.69) is 22.2 Å². The fourth-order valence-electron chi connectivity index (χ4n) is 3.41. The monoisotopic (exact) mass is 394 g/mol. The van der Waals surface area contributed by atoms with Crippen LogP contribution in [-0.2, 0) is 19.4 Å². The molecule has 0 spiro atoms. The highest BCUT2D eigenvalue weighted by Crippen LogP contribution is 2.20. The molecule has 3 rings (SSSR count). The van der Waals surface area contributed by atoms with E-state index in [4.69, 9.17) is 0 Å². The van der Waals surface area contributed by atoms with Crippen molar-refractivity contribution in [2.75, 3.05) is 62.0 Å². The average molecular weight is 394 g/mol. The highest BCUT2D eigenvalue weighted by atomic mass is 32.2. The predicted octanol–water partition coefficient (Wildman–Crippen LogP) is 0.0224. The van der Waals surface area contributed by atoms with Gasteiger partial charge in [0.05, 0.1) is 11.5 Å². The maximum atomic E-state index is 12.3. The van der Waals surface area contributed by atoms with Crippen LogP contribution in [0.25, 0.3) is 0 Å². The third-order valence-corrected chi connectivity index (χ3v) is 7.01. The van der Waals surface area contributed by atoms with Crippen molar-refractivity contribution in [3.63, 3.8) is 0 Å². The van der Waals surface area contributed by atoms with Gasteiger partial charge in [-0.15, -0.1) is 0 Å². The zero-order valence-corrected chi connectivity index (χ0v) is 16.5. The molecule has 0 radical (unpaired) electrons. The second kappa shape index (κ2) is 7.85. The average Bonchev–Trinajstić information content (AvgIpc) is 3.01. The molecule has 2 aliphatic heterocycles. The number of benzene rings is 1. The van der Waals surface area contributed by atoms with Gasteiger partial charge < -0.3 is 20.0 Å². The normalized spacial score (nSPS) is 22.4. The lowest BCUT2D eigenvalue weighted by molar-refractivity contribution is -0.143. The van der Waals surface area contributed by atoms with Crippen LogP contribution in [0.5, 0.6) is 0 Å². The van der Waals surface area contributed by atoms with Crippen molar-refractivity contribution >= 4 is 33.0 Å². The fourth-order valence-corrected chi connectivity index (χ4v) is 5.19. The quantitative estimate of drug-likeness (QED) is 0.727. The van der Waals surface area contributed by atoms with Crippen molar-refractivity contribution in [3.05, 3.63) is 24.3 Å². The van der Waals surface area contributed by atoms with Gasteiger partial charge in [0.2, 0.25) is 0 Å². The molecule has 0 aliphatic carbocycles. The maximum absolute atomic E-state index is 12.3. The van der Waals surface area contributed by atoms with Gasteiger partial charge >= 0.3 is 11.8 Å². The molecule has 2 aliphatic rings. The summed E-state index contributed by atoms with van der Waals surface area (Å²) < 4.78 is 23.1. The topological polar surface area (TPSA) is 90.0 Å². The minimum Gasteiger partial charge on any atom is -0.369 e. The highest BCUT2D eigenvalue weighted by Gasteiger charge is 2.34. The molecule has 27 heavy (non-hydrogen) atoms. The van der Waals surface area contributed by atoms with E-state index in [1.807, 2.05) is 12.1 Å². The van der Waals surface area contributed by atoms with Crippen molar-refractivity contribution in [2.45, 2.75) is 12.5 Å². The number of anilines is 2. The number of sulfone groups is 1. The first-order chi connectivity index (χ1) is 12.7. The van der Waals surface area contributed by atoms with Gasteiger partial charge in [-0.2, -0.15) is 0 Å². The number of rotatable bonds is 3. The van der Waals surface area contributed by atoms with E-state index in [-0.39, 0.29) is 11.5 Å². The van der Waals surface area contributed by atoms with Crippen LogP contribution < -0.4 is 10.2 Å². The van der Waals surface area contributed by atoms with Gasteiger partial charge in [-0.05, 0) is 37.7 Å². The molecule has 2 saturated heterocycles. The molecule has 0 bridgehead atoms. The maximum Gasteiger partial charge on any atom is 0.313 e. The van der Waals surface area contributed by atoms with E-state index in [1.165, 1.54) is 11.9 Å². The molecule has 8 nitrogen and oxygen atoms in total. The van der Waals surface area contributed by atoms with Crippen LogP contribution in [0.2, 0.25) is 0 Å². The smallest absolute Gasteiger partial charge is 0.313 e. The molecule has 0 aromatic heterocycles. The molecule has 1 unspecified atom stereocenters. The first-order valence-electron chi connectivity index (χ1n) is 9.07. The Kier molecular flexibility index (Phi) is 5.71. The lowest BCUT2D eigenvalue weighted by Crippen LogP contribution is -2.44. The third-order valence-electron chi connectivity index (χ3n) is 5.26. The summed E-state index contributed by atoms with van der Waals surface area (Å²) in [6.07, 6.45) is 0.373. The van der Waals surface area contributed by atoms with Crippen molar-refractivity contribution in [1.29, 1.82) is 0 Å². The number of likely N-dealkylation sites (N-methyl/N-ethyl adjacent to an activating group) is 2. The summed E-state index contributed by atoms with van der Waals surface area (Å²) in [5.41, 5.74) is 1.62. The van der Waals surface area contributed by atoms with Crippen molar-refractivity contribution < 1.29 is 18.0 Å². The van der Waals surface area contributed by atoms with Crippen LogP contribution >= 0.6 is 0 Å². The van der Waals surface area contributed by atoms with E-state index in [9.17, 15) is 18.0 Å². The van der Waals surface area contributed by atoms with Gasteiger partial charge in [0.15, 0.2) is 9.84 Å². The molecule has 9 heteroatoms. The largest absolute Gasteiger partial charge is 0.369 e. The zero-order chi connectivity index (χ0) is 19.6. The summed E-state index contributed by atoms with van der Waals surface area (Å²) in [5.74, 6) is -1.50. The van der Waals surface area contributed by atoms with E-state index < -0.39 is 27.7 Å². The van der Waals surface area contributed by atoms with Crippen LogP contribution in [0.3, 0.4) is 0 Å². The highest BCUT2D eigenvalue weighted by molar-refractivity contribution is 7.91. The second-order valence-electron chi connectivity index (χ2n) is 7.26. The number of carbonyl (C=O) groups is 2. The minimum absolute atomic E-state index is 0.0602. The van der Waals surface area contributed by atoms with Gasteiger partial charge in [-0.1, -0.05) is 0 Å². The molecule has 2 fully saturated rings. The van der Waals surface area contributed by atoms with Crippen LogP contribution in [-0.4, -0.2) is 87.9 Å². The van der Waals surface area contributed by atoms with Gasteiger partial charge in [0, 0.05) is 50.6 Å². The number of hydrogen-bond acceptors (Lipinski definition) is 6. The van der Waals surface area contributed by atoms with Crippen LogP contribution in [0.15, 0.2) is 24.3 Å². The van der Waals surface area contributed by atoms with E-state index >= 15 is 0 Å². The lowest BCUT2D eigenvalue weighted by Gasteiger charge is -2.34. The van der Waals surface area contributed by atoms with Crippen LogP contribution in [0.4, 0.5) is 11.4 Å². The number of nitrogens with zero attached hydrogens (tertiary/aromatic N) is 3. The van der Waals surface area contributed by atoms with Crippen molar-refractivity contribution in [3.8, 4) is 0 Å². The molecule has 1 aromatic carbocycles. The Labute approximate surface area is 160 Å². The Morgan fingerprint density at radius 3 is 2.30 bits per heavy atom. The van der Waals surface area contributed by atoms with Gasteiger partial charge in [-0.25, -0.2) is 8.42 Å². The van der Waals surface area contributed by atoms with E-state index in [0.717, 1.165) is 31.9 Å². The van der Waals surface area contributed by atoms with E-state index in [0.29, 0.717) is 12.1 Å². The summed E-state index contributed by atoms with van der Waals surface area (Å²) >= 11 is 0. The molecule has 1 N–H and O–H groups in total. The molecule has 148 valence electrons. The van der Waals surface area contributed by atoms with Crippen LogP contribution in [0, 0.1) is 0 Å². The summed E-state index contributed by atoms with van der Waals surface area (Å²) in [7, 11) is 0.467. The van der Waals surface area contributed by atoms with Gasteiger partial charge in [-0.3, -0.25) is 9.59 Å². The Bertz CT molecular complexity index is 801. The summed E-state index contributed by atoms with van der Waals surface area (Å²) in [6, 6.07) is 6.97. The number of amides is 2. The summed E-state index contributed by atoms with van der Waals surface area (Å²) in [5, 5.41) is 2.60. The Morgan fingerprint density at radius 2 is 1.74 bits per heavy atom. The fraction of sp³-hybridized carbons (Fsp3) is 0.556. The van der Waals surface area contributed by atoms with Crippen molar-refractivity contribution in [2.24, 2.45) is 0 Å². The number of piperazine rings is 1. The first kappa shape index (κ1) is 19.6. The molecular weight excluding hydrogens is 368 g/mol. The zero-order valence-electron chi connectivity index (χ0n) is 15.7. The SMILES string of the molecule is CN1CCN(c2ccc(NC(=O)C(=O)N(C)C3CCS(=O)(=O)C3)cc2)CC1. The van der Waals surface area contributed by atoms with Gasteiger partial charge in [0.25, 0.3) is 0 Å². The summed E-state index contributed by atoms with van der Waals surface area (Å²) in [6.45, 7) is 3.93. The molecule has 1 aromatic rings. The number of nitrogens with one attached hydrogen (secondary N) is 1. The van der Waals surface area contributed by atoms with Crippen LogP contribution in [0.1, 0.15) is 6.42 Å². The second-order valence-corrected chi connectivity index (χ2v) is 9.49. The number of carbonyl (C=O) groups excluding carboxylic acids is 2.